The number of carbonyl (C=O) groups is 2. The third kappa shape index (κ3) is 5.46. The van der Waals surface area contributed by atoms with Gasteiger partial charge in [0.05, 0.1) is 16.0 Å². The van der Waals surface area contributed by atoms with Gasteiger partial charge in [0.15, 0.2) is 0 Å². The third-order valence-electron chi connectivity index (χ3n) is 5.86. The van der Waals surface area contributed by atoms with Gasteiger partial charge in [-0.25, -0.2) is 4.79 Å². The largest absolute Gasteiger partial charge is 0.447 e. The van der Waals surface area contributed by atoms with Crippen LogP contribution in [0.5, 0.6) is 0 Å². The van der Waals surface area contributed by atoms with E-state index in [1.807, 2.05) is 58.3 Å². The molecule has 0 N–H and O–H groups in total. The van der Waals surface area contributed by atoms with Crippen LogP contribution in [0.4, 0.5) is 4.79 Å². The van der Waals surface area contributed by atoms with Crippen molar-refractivity contribution in [1.82, 2.24) is 9.80 Å². The Morgan fingerprint density at radius 2 is 1.68 bits per heavy atom. The van der Waals surface area contributed by atoms with Gasteiger partial charge in [0.2, 0.25) is 5.91 Å². The molecule has 0 spiro atoms. The van der Waals surface area contributed by atoms with Crippen molar-refractivity contribution in [3.05, 3.63) is 71.8 Å². The van der Waals surface area contributed by atoms with Crippen molar-refractivity contribution < 1.29 is 14.3 Å². The first-order valence-electron chi connectivity index (χ1n) is 10.6. The number of ether oxygens (including phenoxy) is 1. The van der Waals surface area contributed by atoms with Crippen molar-refractivity contribution in [1.29, 1.82) is 0 Å². The number of thioether (sulfide) groups is 1. The average Bonchev–Trinajstić information content (AvgIpc) is 3.18. The number of rotatable bonds is 6. The lowest BCUT2D eigenvalue weighted by Crippen LogP contribution is -2.50. The van der Waals surface area contributed by atoms with Gasteiger partial charge >= 0.3 is 6.09 Å². The van der Waals surface area contributed by atoms with Crippen molar-refractivity contribution in [3.8, 4) is 0 Å². The Kier molecular flexibility index (Phi) is 7.25. The highest BCUT2D eigenvalue weighted by Gasteiger charge is 2.39. The predicted octanol–water partition coefficient (Wildman–Crippen LogP) is 4.15. The standard InChI is InChI=1S/C24H26N2O3S2/c27-22(17-31-23(30)19-9-5-2-6-10-19)25-13-11-20(12-14-25)26-21(16-29-24(26)28)15-18-7-3-1-4-8-18/h1-10,20-21H,11-17H2/t21-/m1/s1. The number of thiocarbonyl (C=S) groups is 1. The molecule has 7 heteroatoms. The first-order chi connectivity index (χ1) is 15.1. The van der Waals surface area contributed by atoms with Crippen LogP contribution >= 0.6 is 24.0 Å². The quantitative estimate of drug-likeness (QED) is 0.614. The number of nitrogens with zero attached hydrogens (tertiary/aromatic N) is 2. The number of cyclic esters (lactones) is 1. The smallest absolute Gasteiger partial charge is 0.410 e. The van der Waals surface area contributed by atoms with E-state index in [0.717, 1.165) is 29.0 Å². The number of hydrogen-bond donors (Lipinski definition) is 0. The Morgan fingerprint density at radius 3 is 2.35 bits per heavy atom. The fourth-order valence-electron chi connectivity index (χ4n) is 4.23. The molecule has 4 rings (SSSR count). The Hall–Kier alpha value is -2.38. The molecule has 2 aromatic rings. The predicted molar refractivity (Wildman–Crippen MR) is 127 cm³/mol. The van der Waals surface area contributed by atoms with E-state index in [1.54, 1.807) is 0 Å². The van der Waals surface area contributed by atoms with Gasteiger partial charge in [-0.2, -0.15) is 0 Å². The summed E-state index contributed by atoms with van der Waals surface area (Å²) in [5.41, 5.74) is 2.18. The van der Waals surface area contributed by atoms with Crippen LogP contribution in [-0.2, 0) is 16.0 Å². The Bertz CT molecular complexity index is 915. The summed E-state index contributed by atoms with van der Waals surface area (Å²) in [6.45, 7) is 1.74. The van der Waals surface area contributed by atoms with Crippen molar-refractivity contribution in [2.75, 3.05) is 25.4 Å². The summed E-state index contributed by atoms with van der Waals surface area (Å²) in [5, 5.41) is 0. The maximum atomic E-state index is 12.7. The number of benzene rings is 2. The van der Waals surface area contributed by atoms with Crippen molar-refractivity contribution in [3.63, 3.8) is 0 Å². The van der Waals surface area contributed by atoms with E-state index in [4.69, 9.17) is 17.0 Å². The van der Waals surface area contributed by atoms with Gasteiger partial charge in [0, 0.05) is 19.1 Å². The zero-order chi connectivity index (χ0) is 21.6. The summed E-state index contributed by atoms with van der Waals surface area (Å²) >= 11 is 6.86. The molecule has 0 aliphatic carbocycles. The molecule has 2 fully saturated rings. The van der Waals surface area contributed by atoms with Crippen LogP contribution in [0.25, 0.3) is 0 Å². The molecule has 2 heterocycles. The van der Waals surface area contributed by atoms with Crippen LogP contribution in [0.2, 0.25) is 0 Å². The number of likely N-dealkylation sites (tertiary alicyclic amines) is 1. The molecule has 0 aromatic heterocycles. The monoisotopic (exact) mass is 454 g/mol. The number of carbonyl (C=O) groups excluding carboxylic acids is 2. The fourth-order valence-corrected chi connectivity index (χ4v) is 5.28. The normalized spacial score (nSPS) is 19.4. The second kappa shape index (κ2) is 10.3. The molecule has 2 saturated heterocycles. The van der Waals surface area contributed by atoms with Gasteiger partial charge in [-0.05, 0) is 30.4 Å². The second-order valence-corrected chi connectivity index (χ2v) is 9.53. The van der Waals surface area contributed by atoms with Gasteiger partial charge in [-0.1, -0.05) is 72.9 Å². The molecular weight excluding hydrogens is 428 g/mol. The van der Waals surface area contributed by atoms with Crippen LogP contribution in [-0.4, -0.2) is 63.5 Å². The molecule has 2 aromatic carbocycles. The first kappa shape index (κ1) is 21.8. The highest BCUT2D eigenvalue weighted by molar-refractivity contribution is 8.24. The van der Waals surface area contributed by atoms with E-state index in [9.17, 15) is 9.59 Å². The Balaban J connectivity index is 1.28. The van der Waals surface area contributed by atoms with Gasteiger partial charge < -0.3 is 9.64 Å². The van der Waals surface area contributed by atoms with E-state index >= 15 is 0 Å². The Morgan fingerprint density at radius 1 is 1.03 bits per heavy atom. The molecule has 2 aliphatic rings. The molecule has 0 unspecified atom stereocenters. The summed E-state index contributed by atoms with van der Waals surface area (Å²) in [7, 11) is 0. The maximum Gasteiger partial charge on any atom is 0.410 e. The van der Waals surface area contributed by atoms with Gasteiger partial charge in [-0.3, -0.25) is 9.69 Å². The van der Waals surface area contributed by atoms with E-state index in [1.165, 1.54) is 17.3 Å². The summed E-state index contributed by atoms with van der Waals surface area (Å²) in [5.74, 6) is 0.451. The molecule has 0 bridgehead atoms. The molecule has 0 saturated carbocycles. The molecule has 1 atom stereocenters. The number of piperidine rings is 1. The van der Waals surface area contributed by atoms with E-state index in [-0.39, 0.29) is 24.1 Å². The topological polar surface area (TPSA) is 49.9 Å². The summed E-state index contributed by atoms with van der Waals surface area (Å²) < 4.78 is 6.12. The van der Waals surface area contributed by atoms with Crippen molar-refractivity contribution in [2.45, 2.75) is 31.3 Å². The number of amides is 2. The average molecular weight is 455 g/mol. The second-order valence-electron chi connectivity index (χ2n) is 7.88. The minimum Gasteiger partial charge on any atom is -0.447 e. The van der Waals surface area contributed by atoms with E-state index < -0.39 is 0 Å². The minimum absolute atomic E-state index is 0.0564. The maximum absolute atomic E-state index is 12.7. The SMILES string of the molecule is O=C(CSC(=S)c1ccccc1)N1CCC(N2C(=O)OC[C@H]2Cc2ccccc2)CC1. The van der Waals surface area contributed by atoms with Crippen LogP contribution in [0.3, 0.4) is 0 Å². The molecule has 0 radical (unpaired) electrons. The van der Waals surface area contributed by atoms with E-state index in [2.05, 4.69) is 12.1 Å². The van der Waals surface area contributed by atoms with Crippen LogP contribution in [0, 0.1) is 0 Å². The lowest BCUT2D eigenvalue weighted by Gasteiger charge is -2.38. The van der Waals surface area contributed by atoms with Crippen LogP contribution in [0.1, 0.15) is 24.0 Å². The zero-order valence-electron chi connectivity index (χ0n) is 17.3. The zero-order valence-corrected chi connectivity index (χ0v) is 18.9. The molecule has 5 nitrogen and oxygen atoms in total. The van der Waals surface area contributed by atoms with Crippen LogP contribution < -0.4 is 0 Å². The van der Waals surface area contributed by atoms with Gasteiger partial charge in [0.25, 0.3) is 0 Å². The molecule has 162 valence electrons. The lowest BCUT2D eigenvalue weighted by atomic mass is 9.99. The van der Waals surface area contributed by atoms with Gasteiger partial charge in [0.1, 0.15) is 6.61 Å². The first-order valence-corrected chi connectivity index (χ1v) is 12.0. The fraction of sp³-hybridized carbons (Fsp3) is 0.375. The molecule has 2 aliphatic heterocycles. The third-order valence-corrected chi connectivity index (χ3v) is 7.34. The Labute approximate surface area is 192 Å². The molecule has 2 amide bonds. The van der Waals surface area contributed by atoms with Crippen LogP contribution in [0.15, 0.2) is 60.7 Å². The highest BCUT2D eigenvalue weighted by Crippen LogP contribution is 2.26. The molecular formula is C24H26N2O3S2. The summed E-state index contributed by atoms with van der Waals surface area (Å²) in [6, 6.07) is 20.1. The van der Waals surface area contributed by atoms with E-state index in [0.29, 0.717) is 25.4 Å². The molecule has 31 heavy (non-hydrogen) atoms. The van der Waals surface area contributed by atoms with Crippen molar-refractivity contribution in [2.24, 2.45) is 0 Å². The van der Waals surface area contributed by atoms with Crippen molar-refractivity contribution >= 4 is 40.2 Å². The summed E-state index contributed by atoms with van der Waals surface area (Å²) in [6.07, 6.45) is 2.12. The minimum atomic E-state index is -0.227. The summed E-state index contributed by atoms with van der Waals surface area (Å²) in [4.78, 5) is 28.9. The highest BCUT2D eigenvalue weighted by atomic mass is 32.2. The lowest BCUT2D eigenvalue weighted by molar-refractivity contribution is -0.129. The van der Waals surface area contributed by atoms with Gasteiger partial charge in [-0.15, -0.1) is 11.8 Å². The number of hydrogen-bond acceptors (Lipinski definition) is 5.